The highest BCUT2D eigenvalue weighted by Crippen LogP contribution is 2.45. The molecule has 15 nitrogen and oxygen atoms in total. The Bertz CT molecular complexity index is 1520. The molecule has 2 aromatic rings. The molecule has 5 heterocycles. The monoisotopic (exact) mass is 578 g/mol. The number of nitrogens with two attached hydrogens (primary N) is 2. The molecule has 4 aliphatic heterocycles. The van der Waals surface area contributed by atoms with E-state index in [1.807, 2.05) is 6.07 Å². The number of carbonyl (C=O) groups excluding carboxylic acids is 2. The van der Waals surface area contributed by atoms with Gasteiger partial charge in [0, 0.05) is 31.0 Å². The van der Waals surface area contributed by atoms with Gasteiger partial charge in [-0.25, -0.2) is 15.0 Å². The first-order chi connectivity index (χ1) is 19.9. The number of aryl methyl sites for hydroxylation is 1. The molecule has 0 aliphatic carbocycles. The Morgan fingerprint density at radius 1 is 1.17 bits per heavy atom. The van der Waals surface area contributed by atoms with Crippen LogP contribution >= 0.6 is 0 Å². The summed E-state index contributed by atoms with van der Waals surface area (Å²) in [5.74, 6) is -3.28. The summed E-state index contributed by atoms with van der Waals surface area (Å²) in [4.78, 5) is 44.9. The summed E-state index contributed by atoms with van der Waals surface area (Å²) < 4.78 is 5.90. The fourth-order valence-corrected chi connectivity index (χ4v) is 6.35. The number of benzene rings is 1. The maximum absolute atomic E-state index is 13.6. The van der Waals surface area contributed by atoms with Gasteiger partial charge in [-0.1, -0.05) is 26.0 Å². The Morgan fingerprint density at radius 2 is 1.93 bits per heavy atom. The number of guanidine groups is 2. The molecule has 0 saturated carbocycles. The maximum Gasteiger partial charge on any atom is 0.271 e. The minimum atomic E-state index is -2.63. The Hall–Kier alpha value is -4.50. The molecule has 1 aromatic heterocycles. The first kappa shape index (κ1) is 27.7. The minimum absolute atomic E-state index is 0.0371. The Labute approximate surface area is 241 Å². The van der Waals surface area contributed by atoms with Crippen molar-refractivity contribution in [3.63, 3.8) is 0 Å². The van der Waals surface area contributed by atoms with Gasteiger partial charge in [0.25, 0.3) is 11.8 Å². The lowest BCUT2D eigenvalue weighted by atomic mass is 9.79. The highest BCUT2D eigenvalue weighted by molar-refractivity contribution is 5.98. The number of ether oxygens (including phenoxy) is 1. The van der Waals surface area contributed by atoms with Gasteiger partial charge in [0.05, 0.1) is 23.9 Å². The Balaban J connectivity index is 1.27. The number of aromatic nitrogens is 2. The van der Waals surface area contributed by atoms with Crippen LogP contribution < -0.4 is 32.2 Å². The zero-order valence-electron chi connectivity index (χ0n) is 23.5. The molecule has 1 aromatic carbocycles. The molecule has 4 aliphatic rings. The highest BCUT2D eigenvalue weighted by atomic mass is 16.5. The second kappa shape index (κ2) is 9.52. The third kappa shape index (κ3) is 4.02. The van der Waals surface area contributed by atoms with Crippen LogP contribution in [0.25, 0.3) is 0 Å². The van der Waals surface area contributed by atoms with Gasteiger partial charge in [-0.05, 0) is 24.8 Å². The topological polar surface area (TPSA) is 226 Å². The van der Waals surface area contributed by atoms with Crippen LogP contribution in [0, 0.1) is 6.92 Å². The van der Waals surface area contributed by atoms with Gasteiger partial charge in [-0.15, -0.1) is 0 Å². The van der Waals surface area contributed by atoms with Crippen molar-refractivity contribution < 1.29 is 24.5 Å². The van der Waals surface area contributed by atoms with E-state index in [4.69, 9.17) is 16.2 Å². The molecule has 1 spiro atoms. The number of hydrogen-bond acceptors (Lipinski definition) is 13. The summed E-state index contributed by atoms with van der Waals surface area (Å²) >= 11 is 0. The fraction of sp³-hybridized carbons (Fsp3) is 0.481. The molecule has 1 saturated heterocycles. The van der Waals surface area contributed by atoms with Gasteiger partial charge in [0.15, 0.2) is 17.6 Å². The fourth-order valence-electron chi connectivity index (χ4n) is 6.35. The van der Waals surface area contributed by atoms with Gasteiger partial charge in [-0.3, -0.25) is 14.6 Å². The molecule has 0 radical (unpaired) electrons. The SMILES string of the molecule is Cc1nccnc1C(=O)NC[C@@H]1N=C(N)N2CC(NC(=O)c3cccc4c3OCCC4(C)C)C(O)(O)[C@@]23NC(N)=N[C@@H]13. The number of nitrogens with one attached hydrogen (secondary N) is 3. The van der Waals surface area contributed by atoms with E-state index < -0.39 is 41.4 Å². The van der Waals surface area contributed by atoms with E-state index >= 15 is 0 Å². The van der Waals surface area contributed by atoms with Crippen LogP contribution in [0.4, 0.5) is 0 Å². The molecule has 9 N–H and O–H groups in total. The van der Waals surface area contributed by atoms with Crippen LogP contribution in [0.3, 0.4) is 0 Å². The third-order valence-corrected chi connectivity index (χ3v) is 8.64. The summed E-state index contributed by atoms with van der Waals surface area (Å²) in [6.45, 7) is 6.11. The van der Waals surface area contributed by atoms with E-state index in [2.05, 4.69) is 49.8 Å². The van der Waals surface area contributed by atoms with Gasteiger partial charge < -0.3 is 47.3 Å². The Morgan fingerprint density at radius 3 is 2.69 bits per heavy atom. The summed E-state index contributed by atoms with van der Waals surface area (Å²) in [5.41, 5.74) is 12.2. The molecular weight excluding hydrogens is 544 g/mol. The molecule has 222 valence electrons. The molecule has 6 rings (SSSR count). The molecule has 2 amide bonds. The van der Waals surface area contributed by atoms with Crippen LogP contribution in [-0.2, 0) is 5.41 Å². The van der Waals surface area contributed by atoms with Crippen molar-refractivity contribution in [1.82, 2.24) is 30.8 Å². The van der Waals surface area contributed by atoms with Gasteiger partial charge in [0.2, 0.25) is 5.79 Å². The van der Waals surface area contributed by atoms with Gasteiger partial charge >= 0.3 is 0 Å². The van der Waals surface area contributed by atoms with E-state index in [1.165, 1.54) is 17.3 Å². The van der Waals surface area contributed by atoms with E-state index in [0.717, 1.165) is 12.0 Å². The van der Waals surface area contributed by atoms with E-state index in [0.29, 0.717) is 18.1 Å². The standard InChI is InChI=1S/C27H34N10O5/c1-13-18(31-9-8-30-13)22(39)32-11-16-20-26(36-23(28)35-20)27(40,41)17(12-37(26)24(29)33-16)34-21(38)14-5-4-6-15-19(14)42-10-7-25(15,2)3/h4-6,8-9,16-17,20,40-41H,7,10-12H2,1-3H3,(H2,29,33)(H,32,39)(H,34,38)(H3,28,35,36)/t16-,17?,20-,26-/m0/s1. The summed E-state index contributed by atoms with van der Waals surface area (Å²) in [6.07, 6.45) is 3.69. The van der Waals surface area contributed by atoms with Crippen LogP contribution in [0.1, 0.15) is 52.4 Å². The van der Waals surface area contributed by atoms with Crippen LogP contribution in [0.15, 0.2) is 40.6 Å². The van der Waals surface area contributed by atoms with E-state index in [-0.39, 0.29) is 41.7 Å². The van der Waals surface area contributed by atoms with Crippen molar-refractivity contribution in [3.05, 3.63) is 53.1 Å². The number of rotatable bonds is 5. The quantitative estimate of drug-likeness (QED) is 0.193. The number of aliphatic imine (C=N–C) groups is 2. The number of aliphatic hydroxyl groups is 2. The van der Waals surface area contributed by atoms with Gasteiger partial charge in [0.1, 0.15) is 23.5 Å². The van der Waals surface area contributed by atoms with Crippen LogP contribution in [-0.4, -0.2) is 98.1 Å². The first-order valence-electron chi connectivity index (χ1n) is 13.7. The molecule has 15 heteroatoms. The second-order valence-electron chi connectivity index (χ2n) is 11.6. The smallest absolute Gasteiger partial charge is 0.271 e. The van der Waals surface area contributed by atoms with E-state index in [9.17, 15) is 19.8 Å². The molecular formula is C27H34N10O5. The lowest BCUT2D eigenvalue weighted by Crippen LogP contribution is -2.78. The highest BCUT2D eigenvalue weighted by Gasteiger charge is 2.73. The van der Waals surface area contributed by atoms with Crippen molar-refractivity contribution in [3.8, 4) is 5.75 Å². The molecule has 42 heavy (non-hydrogen) atoms. The summed E-state index contributed by atoms with van der Waals surface area (Å²) in [7, 11) is 0. The van der Waals surface area contributed by atoms with Crippen LogP contribution in [0.2, 0.25) is 0 Å². The Kier molecular flexibility index (Phi) is 6.27. The average Bonchev–Trinajstić information content (AvgIpc) is 3.41. The molecule has 1 fully saturated rings. The number of nitrogens with zero attached hydrogens (tertiary/aromatic N) is 5. The van der Waals surface area contributed by atoms with Crippen molar-refractivity contribution in [2.45, 2.75) is 62.2 Å². The molecule has 4 atom stereocenters. The van der Waals surface area contributed by atoms with Gasteiger partial charge in [-0.2, -0.15) is 0 Å². The number of carbonyl (C=O) groups is 2. The van der Waals surface area contributed by atoms with Crippen molar-refractivity contribution >= 4 is 23.7 Å². The molecule has 1 unspecified atom stereocenters. The normalized spacial score (nSPS) is 28.2. The zero-order chi connectivity index (χ0) is 30.0. The van der Waals surface area contributed by atoms with Crippen molar-refractivity contribution in [2.75, 3.05) is 19.7 Å². The molecule has 0 bridgehead atoms. The summed E-state index contributed by atoms with van der Waals surface area (Å²) in [6, 6.07) is 2.29. The predicted molar refractivity (Wildman–Crippen MR) is 150 cm³/mol. The first-order valence-corrected chi connectivity index (χ1v) is 13.7. The largest absolute Gasteiger partial charge is 0.492 e. The lowest BCUT2D eigenvalue weighted by molar-refractivity contribution is -0.230. The number of fused-ring (bicyclic) bond motifs is 1. The number of hydrogen-bond donors (Lipinski definition) is 7. The van der Waals surface area contributed by atoms with Crippen molar-refractivity contribution in [1.29, 1.82) is 0 Å². The minimum Gasteiger partial charge on any atom is -0.492 e. The maximum atomic E-state index is 13.6. The second-order valence-corrected chi connectivity index (χ2v) is 11.6. The zero-order valence-corrected chi connectivity index (χ0v) is 23.5. The van der Waals surface area contributed by atoms with Crippen LogP contribution in [0.5, 0.6) is 5.75 Å². The van der Waals surface area contributed by atoms with E-state index in [1.54, 1.807) is 19.1 Å². The van der Waals surface area contributed by atoms with Crippen molar-refractivity contribution in [2.24, 2.45) is 21.5 Å². The number of amides is 2. The average molecular weight is 579 g/mol. The number of para-hydroxylation sites is 1. The summed E-state index contributed by atoms with van der Waals surface area (Å²) in [5, 5.41) is 31.9. The lowest BCUT2D eigenvalue weighted by Gasteiger charge is -2.49. The third-order valence-electron chi connectivity index (χ3n) is 8.64. The predicted octanol–water partition coefficient (Wildman–Crippen LogP) is -1.95.